The van der Waals surface area contributed by atoms with Gasteiger partial charge in [-0.05, 0) is 49.6 Å². The predicted octanol–water partition coefficient (Wildman–Crippen LogP) is 3.69. The van der Waals surface area contributed by atoms with Crippen molar-refractivity contribution in [1.82, 2.24) is 18.7 Å². The number of rotatable bonds is 5. The maximum atomic E-state index is 13.4. The van der Waals surface area contributed by atoms with E-state index in [9.17, 15) is 9.59 Å². The van der Waals surface area contributed by atoms with Gasteiger partial charge in [-0.25, -0.2) is 14.3 Å². The Morgan fingerprint density at radius 2 is 1.76 bits per heavy atom. The van der Waals surface area contributed by atoms with Crippen molar-refractivity contribution in [1.29, 1.82) is 0 Å². The second-order valence-corrected chi connectivity index (χ2v) is 7.75. The lowest BCUT2D eigenvalue weighted by molar-refractivity contribution is 0.481. The first kappa shape index (κ1) is 19.0. The van der Waals surface area contributed by atoms with Crippen LogP contribution in [0, 0.1) is 0 Å². The summed E-state index contributed by atoms with van der Waals surface area (Å²) in [5.41, 5.74) is 1.80. The van der Waals surface area contributed by atoms with Crippen LogP contribution in [0.15, 0.2) is 63.0 Å². The summed E-state index contributed by atoms with van der Waals surface area (Å²) in [5.74, 6) is 0.926. The molecule has 0 radical (unpaired) electrons. The Bertz CT molecular complexity index is 1260. The lowest BCUT2D eigenvalue weighted by Gasteiger charge is -2.14. The zero-order valence-corrected chi connectivity index (χ0v) is 17.0. The Morgan fingerprint density at radius 3 is 2.34 bits per heavy atom. The van der Waals surface area contributed by atoms with E-state index in [1.54, 1.807) is 23.0 Å². The molecule has 1 aromatic carbocycles. The third-order valence-electron chi connectivity index (χ3n) is 5.12. The number of benzene rings is 1. The number of nitrogens with zero attached hydrogens (tertiary/aromatic N) is 4. The standard InChI is InChI=1S/C22H24N4O3/c1-14(2)16-7-9-17(10-8-16)26-20-19(25(13-23-20)15(3)4)21(27)24(22(26)28)12-18-6-5-11-29-18/h5-11,13-15H,12H2,1-4H3. The van der Waals surface area contributed by atoms with Crippen LogP contribution in [-0.4, -0.2) is 18.7 Å². The first-order chi connectivity index (χ1) is 13.9. The summed E-state index contributed by atoms with van der Waals surface area (Å²) >= 11 is 0. The predicted molar refractivity (Wildman–Crippen MR) is 112 cm³/mol. The molecule has 3 aromatic heterocycles. The molecular weight excluding hydrogens is 368 g/mol. The molecule has 0 bridgehead atoms. The Balaban J connectivity index is 2.02. The summed E-state index contributed by atoms with van der Waals surface area (Å²) < 4.78 is 9.89. The van der Waals surface area contributed by atoms with Gasteiger partial charge in [-0.3, -0.25) is 9.36 Å². The summed E-state index contributed by atoms with van der Waals surface area (Å²) in [6.45, 7) is 8.25. The van der Waals surface area contributed by atoms with Gasteiger partial charge in [0, 0.05) is 6.04 Å². The maximum Gasteiger partial charge on any atom is 0.337 e. The van der Waals surface area contributed by atoms with Gasteiger partial charge in [0.1, 0.15) is 5.76 Å². The molecule has 0 atom stereocenters. The van der Waals surface area contributed by atoms with E-state index in [0.29, 0.717) is 28.5 Å². The van der Waals surface area contributed by atoms with Gasteiger partial charge in [-0.1, -0.05) is 26.0 Å². The number of fused-ring (bicyclic) bond motifs is 1. The molecule has 0 N–H and O–H groups in total. The van der Waals surface area contributed by atoms with E-state index >= 15 is 0 Å². The second-order valence-electron chi connectivity index (χ2n) is 7.75. The van der Waals surface area contributed by atoms with E-state index in [2.05, 4.69) is 18.8 Å². The Kier molecular flexibility index (Phi) is 4.74. The molecule has 7 heteroatoms. The normalized spacial score (nSPS) is 11.8. The fraction of sp³-hybridized carbons (Fsp3) is 0.318. The van der Waals surface area contributed by atoms with Gasteiger partial charge in [-0.15, -0.1) is 0 Å². The molecule has 3 heterocycles. The lowest BCUT2D eigenvalue weighted by atomic mass is 10.0. The molecule has 7 nitrogen and oxygen atoms in total. The van der Waals surface area contributed by atoms with E-state index < -0.39 is 5.69 Å². The Hall–Kier alpha value is -3.35. The summed E-state index contributed by atoms with van der Waals surface area (Å²) in [7, 11) is 0. The van der Waals surface area contributed by atoms with Gasteiger partial charge in [0.25, 0.3) is 5.56 Å². The van der Waals surface area contributed by atoms with Crippen molar-refractivity contribution in [3.05, 3.63) is 81.2 Å². The lowest BCUT2D eigenvalue weighted by Crippen LogP contribution is -2.40. The highest BCUT2D eigenvalue weighted by atomic mass is 16.3. The number of hydrogen-bond donors (Lipinski definition) is 0. The quantitative estimate of drug-likeness (QED) is 0.519. The smallest absolute Gasteiger partial charge is 0.337 e. The van der Waals surface area contributed by atoms with Gasteiger partial charge in [-0.2, -0.15) is 0 Å². The average Bonchev–Trinajstić information content (AvgIpc) is 3.35. The van der Waals surface area contributed by atoms with E-state index in [0.717, 1.165) is 0 Å². The molecule has 0 aliphatic rings. The maximum absolute atomic E-state index is 13.4. The van der Waals surface area contributed by atoms with E-state index in [-0.39, 0.29) is 18.1 Å². The van der Waals surface area contributed by atoms with Crippen molar-refractivity contribution in [2.75, 3.05) is 0 Å². The molecule has 0 saturated carbocycles. The molecule has 0 spiro atoms. The highest BCUT2D eigenvalue weighted by Gasteiger charge is 2.20. The third-order valence-corrected chi connectivity index (χ3v) is 5.12. The molecule has 29 heavy (non-hydrogen) atoms. The Morgan fingerprint density at radius 1 is 1.03 bits per heavy atom. The number of furan rings is 1. The van der Waals surface area contributed by atoms with Crippen molar-refractivity contribution >= 4 is 11.2 Å². The number of aromatic nitrogens is 4. The van der Waals surface area contributed by atoms with Crippen LogP contribution in [0.2, 0.25) is 0 Å². The minimum atomic E-state index is -0.440. The van der Waals surface area contributed by atoms with Gasteiger partial charge < -0.3 is 8.98 Å². The molecule has 150 valence electrons. The van der Waals surface area contributed by atoms with Crippen molar-refractivity contribution < 1.29 is 4.42 Å². The van der Waals surface area contributed by atoms with Gasteiger partial charge >= 0.3 is 5.69 Å². The average molecular weight is 392 g/mol. The third kappa shape index (κ3) is 3.22. The number of imidazole rings is 1. The van der Waals surface area contributed by atoms with Crippen LogP contribution in [0.25, 0.3) is 16.9 Å². The van der Waals surface area contributed by atoms with Crippen molar-refractivity contribution in [3.63, 3.8) is 0 Å². The second kappa shape index (κ2) is 7.24. The molecule has 0 amide bonds. The molecule has 4 rings (SSSR count). The van der Waals surface area contributed by atoms with Crippen LogP contribution in [0.3, 0.4) is 0 Å². The summed E-state index contributed by atoms with van der Waals surface area (Å²) in [6, 6.07) is 11.3. The minimum Gasteiger partial charge on any atom is -0.467 e. The van der Waals surface area contributed by atoms with Crippen molar-refractivity contribution in [3.8, 4) is 5.69 Å². The van der Waals surface area contributed by atoms with Gasteiger partial charge in [0.2, 0.25) is 0 Å². The van der Waals surface area contributed by atoms with Crippen LogP contribution in [0.4, 0.5) is 0 Å². The van der Waals surface area contributed by atoms with Crippen molar-refractivity contribution in [2.24, 2.45) is 0 Å². The fourth-order valence-electron chi connectivity index (χ4n) is 3.48. The zero-order chi connectivity index (χ0) is 20.7. The van der Waals surface area contributed by atoms with Crippen LogP contribution < -0.4 is 11.2 Å². The Labute approximate surface area is 167 Å². The zero-order valence-electron chi connectivity index (χ0n) is 17.0. The summed E-state index contributed by atoms with van der Waals surface area (Å²) in [4.78, 5) is 31.0. The highest BCUT2D eigenvalue weighted by Crippen LogP contribution is 2.19. The highest BCUT2D eigenvalue weighted by molar-refractivity contribution is 5.72. The molecule has 0 aliphatic heterocycles. The van der Waals surface area contributed by atoms with Crippen LogP contribution in [0.1, 0.15) is 51.0 Å². The molecule has 0 unspecified atom stereocenters. The SMILES string of the molecule is CC(C)c1ccc(-n2c(=O)n(Cc3ccco3)c(=O)c3c2ncn3C(C)C)cc1. The van der Waals surface area contributed by atoms with Crippen LogP contribution >= 0.6 is 0 Å². The minimum absolute atomic E-state index is 0.0269. The van der Waals surface area contributed by atoms with Crippen molar-refractivity contribution in [2.45, 2.75) is 46.2 Å². The van der Waals surface area contributed by atoms with Crippen LogP contribution in [0.5, 0.6) is 0 Å². The largest absolute Gasteiger partial charge is 0.467 e. The molecular formula is C22H24N4O3. The first-order valence-electron chi connectivity index (χ1n) is 9.73. The molecule has 4 aromatic rings. The van der Waals surface area contributed by atoms with E-state index in [4.69, 9.17) is 4.42 Å². The first-order valence-corrected chi connectivity index (χ1v) is 9.73. The monoisotopic (exact) mass is 392 g/mol. The van der Waals surface area contributed by atoms with E-state index in [1.165, 1.54) is 21.0 Å². The molecule has 0 saturated heterocycles. The van der Waals surface area contributed by atoms with Gasteiger partial charge in [0.05, 0.1) is 24.8 Å². The van der Waals surface area contributed by atoms with Crippen LogP contribution in [-0.2, 0) is 6.54 Å². The summed E-state index contributed by atoms with van der Waals surface area (Å²) in [5, 5.41) is 0. The molecule has 0 fully saturated rings. The molecule has 0 aliphatic carbocycles. The van der Waals surface area contributed by atoms with E-state index in [1.807, 2.05) is 38.1 Å². The summed E-state index contributed by atoms with van der Waals surface area (Å²) in [6.07, 6.45) is 3.15. The fourth-order valence-corrected chi connectivity index (χ4v) is 3.48. The van der Waals surface area contributed by atoms with Gasteiger partial charge in [0.15, 0.2) is 11.2 Å². The number of hydrogen-bond acceptors (Lipinski definition) is 4. The topological polar surface area (TPSA) is 75.0 Å².